The second-order valence-corrected chi connectivity index (χ2v) is 5.77. The lowest BCUT2D eigenvalue weighted by atomic mass is 9.77. The maximum atomic E-state index is 12.6. The molecule has 1 spiro atoms. The minimum atomic E-state index is -1.21. The number of nitrogens with zero attached hydrogens (tertiary/aromatic N) is 2. The van der Waals surface area contributed by atoms with Gasteiger partial charge >= 0.3 is 0 Å². The van der Waals surface area contributed by atoms with E-state index in [0.717, 1.165) is 5.56 Å². The minimum absolute atomic E-state index is 0.181. The number of amides is 1. The van der Waals surface area contributed by atoms with E-state index in [-0.39, 0.29) is 5.91 Å². The quantitative estimate of drug-likeness (QED) is 0.673. The molecule has 4 atom stereocenters. The Morgan fingerprint density at radius 2 is 2.43 bits per heavy atom. The molecule has 0 radical (unpaired) electrons. The number of ether oxygens (including phenoxy) is 1. The van der Waals surface area contributed by atoms with E-state index in [1.54, 1.807) is 29.4 Å². The zero-order valence-electron chi connectivity index (χ0n) is 11.1. The third-order valence-electron chi connectivity index (χ3n) is 4.55. The van der Waals surface area contributed by atoms with E-state index in [1.165, 1.54) is 0 Å². The summed E-state index contributed by atoms with van der Waals surface area (Å²) in [6, 6.07) is 3.69. The largest absolute Gasteiger partial charge is 0.550 e. The van der Waals surface area contributed by atoms with E-state index in [0.29, 0.717) is 13.1 Å². The van der Waals surface area contributed by atoms with Crippen LogP contribution in [-0.4, -0.2) is 40.0 Å². The molecule has 0 N–H and O–H groups in total. The summed E-state index contributed by atoms with van der Waals surface area (Å²) in [5, 5.41) is 11.3. The van der Waals surface area contributed by atoms with Crippen molar-refractivity contribution in [3.8, 4) is 0 Å². The van der Waals surface area contributed by atoms with E-state index in [2.05, 4.69) is 4.98 Å². The van der Waals surface area contributed by atoms with Gasteiger partial charge in [0.1, 0.15) is 5.60 Å². The molecule has 1 amide bonds. The van der Waals surface area contributed by atoms with Crippen LogP contribution in [0.1, 0.15) is 5.56 Å². The van der Waals surface area contributed by atoms with Gasteiger partial charge in [0.05, 0.1) is 18.6 Å². The van der Waals surface area contributed by atoms with Gasteiger partial charge in [-0.05, 0) is 11.6 Å². The fraction of sp³-hybridized carbons (Fsp3) is 0.400. The molecule has 21 heavy (non-hydrogen) atoms. The maximum absolute atomic E-state index is 12.6. The highest BCUT2D eigenvalue weighted by Gasteiger charge is 2.65. The highest BCUT2D eigenvalue weighted by atomic mass is 16.5. The molecule has 4 rings (SSSR count). The normalized spacial score (nSPS) is 36.3. The number of carbonyl (C=O) groups is 2. The zero-order chi connectivity index (χ0) is 14.6. The van der Waals surface area contributed by atoms with Crippen molar-refractivity contribution < 1.29 is 19.4 Å². The molecule has 3 aliphatic rings. The maximum Gasteiger partial charge on any atom is 0.230 e. The van der Waals surface area contributed by atoms with E-state index >= 15 is 0 Å². The summed E-state index contributed by atoms with van der Waals surface area (Å²) in [4.78, 5) is 29.6. The van der Waals surface area contributed by atoms with Gasteiger partial charge in [-0.15, -0.1) is 0 Å². The molecule has 2 saturated heterocycles. The van der Waals surface area contributed by atoms with Crippen molar-refractivity contribution >= 4 is 11.9 Å². The van der Waals surface area contributed by atoms with Crippen LogP contribution in [0.2, 0.25) is 0 Å². The standard InChI is InChI=1S/C15H14N2O4/c18-13-12-11(14(19)20)10-3-4-15(12,21-10)8-17(13)7-9-2-1-5-16-6-9/h1-6,10-12H,7-8H2,(H,19,20)/p-1/t10-,11-,12+,15-/m1/s1. The van der Waals surface area contributed by atoms with Crippen LogP contribution in [0.4, 0.5) is 0 Å². The summed E-state index contributed by atoms with van der Waals surface area (Å²) >= 11 is 0. The average molecular weight is 285 g/mol. The molecule has 2 bridgehead atoms. The Morgan fingerprint density at radius 1 is 1.57 bits per heavy atom. The number of pyridine rings is 1. The van der Waals surface area contributed by atoms with Crippen molar-refractivity contribution in [2.75, 3.05) is 6.54 Å². The van der Waals surface area contributed by atoms with Crippen LogP contribution in [0.15, 0.2) is 36.7 Å². The zero-order valence-corrected chi connectivity index (χ0v) is 11.1. The van der Waals surface area contributed by atoms with Crippen LogP contribution >= 0.6 is 0 Å². The highest BCUT2D eigenvalue weighted by Crippen LogP contribution is 2.51. The summed E-state index contributed by atoms with van der Waals surface area (Å²) in [6.07, 6.45) is 6.40. The lowest BCUT2D eigenvalue weighted by molar-refractivity contribution is -0.313. The number of hydrogen-bond donors (Lipinski definition) is 0. The van der Waals surface area contributed by atoms with Gasteiger partial charge in [0.2, 0.25) is 5.91 Å². The number of likely N-dealkylation sites (tertiary alicyclic amines) is 1. The lowest BCUT2D eigenvalue weighted by Crippen LogP contribution is -2.45. The smallest absolute Gasteiger partial charge is 0.230 e. The summed E-state index contributed by atoms with van der Waals surface area (Å²) in [7, 11) is 0. The highest BCUT2D eigenvalue weighted by molar-refractivity contribution is 5.90. The number of carbonyl (C=O) groups excluding carboxylic acids is 2. The fourth-order valence-corrected chi connectivity index (χ4v) is 3.69. The van der Waals surface area contributed by atoms with E-state index in [1.807, 2.05) is 12.1 Å². The topological polar surface area (TPSA) is 82.6 Å². The van der Waals surface area contributed by atoms with Crippen molar-refractivity contribution in [2.45, 2.75) is 18.2 Å². The Balaban J connectivity index is 1.63. The number of carboxylic acid groups (broad SMARTS) is 1. The van der Waals surface area contributed by atoms with Gasteiger partial charge in [-0.25, -0.2) is 0 Å². The molecular weight excluding hydrogens is 272 g/mol. The Labute approximate surface area is 121 Å². The molecule has 1 aromatic rings. The van der Waals surface area contributed by atoms with Crippen LogP contribution in [0.25, 0.3) is 0 Å². The van der Waals surface area contributed by atoms with Crippen LogP contribution in [0.3, 0.4) is 0 Å². The second kappa shape index (κ2) is 4.14. The Bertz CT molecular complexity index is 644. The molecule has 0 unspecified atom stereocenters. The van der Waals surface area contributed by atoms with E-state index in [9.17, 15) is 14.7 Å². The first-order chi connectivity index (χ1) is 10.1. The molecule has 6 heteroatoms. The molecule has 0 aromatic carbocycles. The monoisotopic (exact) mass is 285 g/mol. The van der Waals surface area contributed by atoms with Crippen LogP contribution in [0, 0.1) is 11.8 Å². The van der Waals surface area contributed by atoms with Gasteiger partial charge in [0.15, 0.2) is 0 Å². The number of hydrogen-bond acceptors (Lipinski definition) is 5. The van der Waals surface area contributed by atoms with Gasteiger partial charge in [0.25, 0.3) is 0 Å². The molecule has 1 aromatic heterocycles. The van der Waals surface area contributed by atoms with Gasteiger partial charge in [-0.3, -0.25) is 9.78 Å². The van der Waals surface area contributed by atoms with Crippen molar-refractivity contribution in [1.82, 2.24) is 9.88 Å². The first-order valence-corrected chi connectivity index (χ1v) is 6.86. The Hall–Kier alpha value is -2.21. The summed E-state index contributed by atoms with van der Waals surface area (Å²) in [5.74, 6) is -2.96. The molecule has 0 aliphatic carbocycles. The predicted molar refractivity (Wildman–Crippen MR) is 68.4 cm³/mol. The van der Waals surface area contributed by atoms with Crippen LogP contribution in [0.5, 0.6) is 0 Å². The fourth-order valence-electron chi connectivity index (χ4n) is 3.69. The lowest BCUT2D eigenvalue weighted by Gasteiger charge is -2.24. The van der Waals surface area contributed by atoms with Crippen LogP contribution in [-0.2, 0) is 20.9 Å². The number of aromatic nitrogens is 1. The Kier molecular flexibility index (Phi) is 2.47. The molecule has 2 fully saturated rings. The summed E-state index contributed by atoms with van der Waals surface area (Å²) in [5.41, 5.74) is 0.111. The summed E-state index contributed by atoms with van der Waals surface area (Å²) < 4.78 is 5.79. The van der Waals surface area contributed by atoms with Crippen molar-refractivity contribution in [2.24, 2.45) is 11.8 Å². The van der Waals surface area contributed by atoms with Gasteiger partial charge in [-0.2, -0.15) is 0 Å². The van der Waals surface area contributed by atoms with Crippen molar-refractivity contribution in [3.05, 3.63) is 42.2 Å². The number of rotatable bonds is 3. The molecule has 108 valence electrons. The first kappa shape index (κ1) is 12.5. The van der Waals surface area contributed by atoms with Crippen LogP contribution < -0.4 is 5.11 Å². The summed E-state index contributed by atoms with van der Waals surface area (Å²) in [6.45, 7) is 0.786. The second-order valence-electron chi connectivity index (χ2n) is 5.77. The number of fused-ring (bicyclic) bond motifs is 1. The third kappa shape index (κ3) is 1.65. The minimum Gasteiger partial charge on any atom is -0.550 e. The van der Waals surface area contributed by atoms with E-state index in [4.69, 9.17) is 4.74 Å². The first-order valence-electron chi connectivity index (χ1n) is 6.86. The molecule has 6 nitrogen and oxygen atoms in total. The van der Waals surface area contributed by atoms with Gasteiger partial charge in [-0.1, -0.05) is 18.2 Å². The molecular formula is C15H13N2O4-. The third-order valence-corrected chi connectivity index (χ3v) is 4.55. The van der Waals surface area contributed by atoms with Crippen molar-refractivity contribution in [1.29, 1.82) is 0 Å². The molecule has 3 aliphatic heterocycles. The molecule has 0 saturated carbocycles. The van der Waals surface area contributed by atoms with Gasteiger partial charge < -0.3 is 19.5 Å². The number of aliphatic carboxylic acids is 1. The average Bonchev–Trinajstić information content (AvgIpc) is 3.09. The predicted octanol–water partition coefficient (Wildman–Crippen LogP) is -0.886. The van der Waals surface area contributed by atoms with Gasteiger partial charge in [0, 0.05) is 30.8 Å². The number of carboxylic acids is 1. The molecule has 4 heterocycles. The SMILES string of the molecule is O=C([O-])[C@H]1[C@H]2C(=O)N(Cc3cccnc3)C[C@]23C=C[C@H]1O3. The Morgan fingerprint density at radius 3 is 3.14 bits per heavy atom. The van der Waals surface area contributed by atoms with E-state index < -0.39 is 29.5 Å². The van der Waals surface area contributed by atoms with Crippen molar-refractivity contribution in [3.63, 3.8) is 0 Å².